The van der Waals surface area contributed by atoms with Crippen LogP contribution in [-0.4, -0.2) is 28.8 Å². The number of para-hydroxylation sites is 2. The fraction of sp³-hybridized carbons (Fsp3) is 0.273. The molecule has 138 valence electrons. The van der Waals surface area contributed by atoms with Gasteiger partial charge in [-0.2, -0.15) is 5.10 Å². The number of carbonyl (C=O) groups excluding carboxylic acids is 1. The first kappa shape index (κ1) is 17.3. The zero-order valence-electron chi connectivity index (χ0n) is 15.2. The van der Waals surface area contributed by atoms with Gasteiger partial charge in [0, 0.05) is 31.0 Å². The molecule has 0 aliphatic carbocycles. The van der Waals surface area contributed by atoms with Crippen LogP contribution in [0.1, 0.15) is 24.4 Å². The minimum absolute atomic E-state index is 0.135. The van der Waals surface area contributed by atoms with Crippen molar-refractivity contribution < 1.29 is 9.53 Å². The van der Waals surface area contributed by atoms with E-state index >= 15 is 0 Å². The van der Waals surface area contributed by atoms with Gasteiger partial charge in [0.2, 0.25) is 5.91 Å². The van der Waals surface area contributed by atoms with Gasteiger partial charge < -0.3 is 9.64 Å². The highest BCUT2D eigenvalue weighted by Gasteiger charge is 2.29. The average Bonchev–Trinajstić information content (AvgIpc) is 3.26. The van der Waals surface area contributed by atoms with Gasteiger partial charge in [-0.25, -0.2) is 0 Å². The van der Waals surface area contributed by atoms with Gasteiger partial charge in [-0.3, -0.25) is 9.48 Å². The van der Waals surface area contributed by atoms with Crippen molar-refractivity contribution in [3.63, 3.8) is 0 Å². The smallest absolute Gasteiger partial charge is 0.227 e. The summed E-state index contributed by atoms with van der Waals surface area (Å²) in [6.07, 6.45) is 5.80. The van der Waals surface area contributed by atoms with E-state index in [4.69, 9.17) is 4.74 Å². The van der Waals surface area contributed by atoms with Crippen molar-refractivity contribution >= 4 is 11.6 Å². The molecule has 0 spiro atoms. The van der Waals surface area contributed by atoms with E-state index in [1.807, 2.05) is 70.4 Å². The molecule has 1 amide bonds. The molecule has 4 rings (SSSR count). The maximum absolute atomic E-state index is 12.9. The van der Waals surface area contributed by atoms with Gasteiger partial charge >= 0.3 is 0 Å². The molecular formula is C22H23N3O2. The molecule has 0 saturated heterocycles. The second kappa shape index (κ2) is 8.08. The summed E-state index contributed by atoms with van der Waals surface area (Å²) in [5.41, 5.74) is 2.22. The predicted molar refractivity (Wildman–Crippen MR) is 105 cm³/mol. The van der Waals surface area contributed by atoms with Crippen molar-refractivity contribution in [3.8, 4) is 5.75 Å². The number of ether oxygens (including phenoxy) is 1. The minimum Gasteiger partial charge on any atom is -0.494 e. The number of nitrogens with zero attached hydrogens (tertiary/aromatic N) is 3. The summed E-state index contributed by atoms with van der Waals surface area (Å²) >= 11 is 0. The number of anilines is 1. The molecule has 2 heterocycles. The third-order valence-corrected chi connectivity index (χ3v) is 4.88. The summed E-state index contributed by atoms with van der Waals surface area (Å²) in [7, 11) is 0. The highest BCUT2D eigenvalue weighted by Crippen LogP contribution is 2.32. The van der Waals surface area contributed by atoms with E-state index in [2.05, 4.69) is 11.2 Å². The Hall–Kier alpha value is -3.08. The zero-order chi connectivity index (χ0) is 18.5. The molecule has 0 fully saturated rings. The second-order valence-electron chi connectivity index (χ2n) is 6.74. The summed E-state index contributed by atoms with van der Waals surface area (Å²) < 4.78 is 7.66. The number of fused-ring (bicyclic) bond motifs is 1. The van der Waals surface area contributed by atoms with Crippen molar-refractivity contribution in [3.05, 3.63) is 78.6 Å². The van der Waals surface area contributed by atoms with Crippen LogP contribution in [0.15, 0.2) is 73.1 Å². The standard InChI is InChI=1S/C22H23N3O2/c26-22(12-6-15-27-20-9-2-1-3-10-20)24-17-19(25-14-7-13-23-25)16-18-8-4-5-11-21(18)24/h1-5,7-11,13-14,19H,6,12,15-17H2. The van der Waals surface area contributed by atoms with Gasteiger partial charge in [0.05, 0.1) is 12.6 Å². The average molecular weight is 361 g/mol. The molecule has 1 unspecified atom stereocenters. The second-order valence-corrected chi connectivity index (χ2v) is 6.74. The van der Waals surface area contributed by atoms with Crippen LogP contribution in [0.2, 0.25) is 0 Å². The largest absolute Gasteiger partial charge is 0.494 e. The van der Waals surface area contributed by atoms with E-state index in [1.165, 1.54) is 5.56 Å². The Bertz CT molecular complexity index is 878. The number of hydrogen-bond donors (Lipinski definition) is 0. The highest BCUT2D eigenvalue weighted by molar-refractivity contribution is 5.94. The van der Waals surface area contributed by atoms with Gasteiger partial charge in [-0.15, -0.1) is 0 Å². The lowest BCUT2D eigenvalue weighted by Gasteiger charge is -2.34. The molecule has 0 bridgehead atoms. The summed E-state index contributed by atoms with van der Waals surface area (Å²) in [5.74, 6) is 0.975. The number of rotatable bonds is 6. The monoisotopic (exact) mass is 361 g/mol. The predicted octanol–water partition coefficient (Wildman–Crippen LogP) is 3.87. The molecule has 1 aromatic heterocycles. The lowest BCUT2D eigenvalue weighted by atomic mass is 9.97. The third kappa shape index (κ3) is 4.03. The maximum Gasteiger partial charge on any atom is 0.227 e. The minimum atomic E-state index is 0.135. The zero-order valence-corrected chi connectivity index (χ0v) is 15.2. The van der Waals surface area contributed by atoms with Crippen LogP contribution >= 0.6 is 0 Å². The Morgan fingerprint density at radius 1 is 1.07 bits per heavy atom. The van der Waals surface area contributed by atoms with Gasteiger partial charge in [0.25, 0.3) is 0 Å². The van der Waals surface area contributed by atoms with Crippen molar-refractivity contribution in [1.29, 1.82) is 0 Å². The SMILES string of the molecule is O=C(CCCOc1ccccc1)N1CC(n2cccn2)Cc2ccccc21. The Kier molecular flexibility index (Phi) is 5.19. The third-order valence-electron chi connectivity index (χ3n) is 4.88. The van der Waals surface area contributed by atoms with E-state index in [0.717, 1.165) is 17.9 Å². The molecule has 0 radical (unpaired) electrons. The Morgan fingerprint density at radius 3 is 2.70 bits per heavy atom. The molecule has 3 aromatic rings. The Balaban J connectivity index is 1.40. The molecule has 5 heteroatoms. The molecular weight excluding hydrogens is 338 g/mol. The number of benzene rings is 2. The molecule has 1 atom stereocenters. The summed E-state index contributed by atoms with van der Waals surface area (Å²) in [6, 6.07) is 20.0. The van der Waals surface area contributed by atoms with Crippen LogP contribution in [0, 0.1) is 0 Å². The van der Waals surface area contributed by atoms with Crippen molar-refractivity contribution in [1.82, 2.24) is 9.78 Å². The first-order valence-electron chi connectivity index (χ1n) is 9.36. The number of amides is 1. The first-order chi connectivity index (χ1) is 13.3. The fourth-order valence-corrected chi connectivity index (χ4v) is 3.55. The van der Waals surface area contributed by atoms with Gasteiger partial charge in [0.1, 0.15) is 5.75 Å². The Labute approximate surface area is 159 Å². The molecule has 27 heavy (non-hydrogen) atoms. The molecule has 0 saturated carbocycles. The molecule has 0 N–H and O–H groups in total. The fourth-order valence-electron chi connectivity index (χ4n) is 3.55. The summed E-state index contributed by atoms with van der Waals surface area (Å²) in [4.78, 5) is 14.8. The molecule has 1 aliphatic heterocycles. The highest BCUT2D eigenvalue weighted by atomic mass is 16.5. The normalized spacial score (nSPS) is 16.0. The molecule has 2 aromatic carbocycles. The number of hydrogen-bond acceptors (Lipinski definition) is 3. The van der Waals surface area contributed by atoms with E-state index in [9.17, 15) is 4.79 Å². The van der Waals surface area contributed by atoms with Crippen LogP contribution in [0.5, 0.6) is 5.75 Å². The van der Waals surface area contributed by atoms with Gasteiger partial charge in [-0.1, -0.05) is 36.4 Å². The van der Waals surface area contributed by atoms with Crippen LogP contribution in [0.25, 0.3) is 0 Å². The van der Waals surface area contributed by atoms with Crippen molar-refractivity contribution in [2.24, 2.45) is 0 Å². The molecule has 5 nitrogen and oxygen atoms in total. The quantitative estimate of drug-likeness (QED) is 0.626. The van der Waals surface area contributed by atoms with E-state index in [1.54, 1.807) is 6.20 Å². The number of aromatic nitrogens is 2. The van der Waals surface area contributed by atoms with Gasteiger partial charge in [0.15, 0.2) is 0 Å². The summed E-state index contributed by atoms with van der Waals surface area (Å²) in [6.45, 7) is 1.19. The van der Waals surface area contributed by atoms with E-state index < -0.39 is 0 Å². The van der Waals surface area contributed by atoms with Crippen LogP contribution in [0.3, 0.4) is 0 Å². The topological polar surface area (TPSA) is 47.4 Å². The number of carbonyl (C=O) groups is 1. The van der Waals surface area contributed by atoms with Crippen LogP contribution < -0.4 is 9.64 Å². The van der Waals surface area contributed by atoms with Crippen molar-refractivity contribution in [2.75, 3.05) is 18.1 Å². The van der Waals surface area contributed by atoms with Crippen LogP contribution in [0.4, 0.5) is 5.69 Å². The maximum atomic E-state index is 12.9. The Morgan fingerprint density at radius 2 is 1.89 bits per heavy atom. The van der Waals surface area contributed by atoms with Crippen LogP contribution in [-0.2, 0) is 11.2 Å². The van der Waals surface area contributed by atoms with Gasteiger partial charge in [-0.05, 0) is 42.7 Å². The first-order valence-corrected chi connectivity index (χ1v) is 9.36. The lowest BCUT2D eigenvalue weighted by Crippen LogP contribution is -2.41. The van der Waals surface area contributed by atoms with Crippen molar-refractivity contribution in [2.45, 2.75) is 25.3 Å². The van der Waals surface area contributed by atoms with E-state index in [-0.39, 0.29) is 11.9 Å². The van der Waals surface area contributed by atoms with E-state index in [0.29, 0.717) is 26.0 Å². The lowest BCUT2D eigenvalue weighted by molar-refractivity contribution is -0.119. The summed E-state index contributed by atoms with van der Waals surface area (Å²) in [5, 5.41) is 4.37. The molecule has 1 aliphatic rings.